The molecule has 8 heteroatoms. The van der Waals surface area contributed by atoms with Crippen molar-refractivity contribution in [2.45, 2.75) is 38.8 Å². The van der Waals surface area contributed by atoms with E-state index in [-0.39, 0.29) is 36.9 Å². The highest BCUT2D eigenvalue weighted by Crippen LogP contribution is 2.24. The summed E-state index contributed by atoms with van der Waals surface area (Å²) in [5.74, 6) is -0.456. The van der Waals surface area contributed by atoms with E-state index in [4.69, 9.17) is 14.7 Å². The summed E-state index contributed by atoms with van der Waals surface area (Å²) < 4.78 is 10.4. The van der Waals surface area contributed by atoms with Crippen LogP contribution in [0, 0.1) is 11.3 Å². The number of likely N-dealkylation sites (tertiary alicyclic amines) is 1. The molecule has 29 heavy (non-hydrogen) atoms. The van der Waals surface area contributed by atoms with Crippen LogP contribution < -0.4 is 0 Å². The van der Waals surface area contributed by atoms with E-state index in [1.54, 1.807) is 34.9 Å². The standard InChI is InChI=1S/C21H25N3O5/c1-2-28-20(26)14-29-17-5-8-23(9-6-17)19(25)7-10-24-13-16-11-15(12-22)3-4-18(16)21(24)27/h3-4,11,17H,2,5-10,13-14H2,1H3. The van der Waals surface area contributed by atoms with Gasteiger partial charge in [-0.1, -0.05) is 0 Å². The molecule has 0 unspecified atom stereocenters. The van der Waals surface area contributed by atoms with Crippen LogP contribution in [0.5, 0.6) is 0 Å². The summed E-state index contributed by atoms with van der Waals surface area (Å²) in [5.41, 5.74) is 1.97. The zero-order valence-corrected chi connectivity index (χ0v) is 16.6. The molecule has 3 rings (SSSR count). The number of fused-ring (bicyclic) bond motifs is 1. The van der Waals surface area contributed by atoms with Gasteiger partial charge in [-0.3, -0.25) is 9.59 Å². The summed E-state index contributed by atoms with van der Waals surface area (Å²) >= 11 is 0. The Bertz CT molecular complexity index is 824. The second kappa shape index (κ2) is 9.52. The van der Waals surface area contributed by atoms with E-state index in [0.29, 0.717) is 56.8 Å². The number of hydrogen-bond donors (Lipinski definition) is 0. The number of amides is 2. The van der Waals surface area contributed by atoms with Crippen LogP contribution in [0.3, 0.4) is 0 Å². The molecule has 1 fully saturated rings. The molecule has 2 amide bonds. The zero-order chi connectivity index (χ0) is 20.8. The molecular weight excluding hydrogens is 374 g/mol. The highest BCUT2D eigenvalue weighted by molar-refractivity contribution is 5.98. The van der Waals surface area contributed by atoms with Gasteiger partial charge in [0.05, 0.1) is 24.3 Å². The lowest BCUT2D eigenvalue weighted by Crippen LogP contribution is -2.42. The molecule has 0 aromatic heterocycles. The van der Waals surface area contributed by atoms with Crippen molar-refractivity contribution in [1.29, 1.82) is 5.26 Å². The molecule has 0 aliphatic carbocycles. The Morgan fingerprint density at radius 2 is 2.03 bits per heavy atom. The minimum atomic E-state index is -0.371. The summed E-state index contributed by atoms with van der Waals surface area (Å²) in [6.45, 7) is 3.96. The molecule has 0 spiro atoms. The number of hydrogen-bond acceptors (Lipinski definition) is 6. The van der Waals surface area contributed by atoms with E-state index in [1.807, 2.05) is 0 Å². The third-order valence-corrected chi connectivity index (χ3v) is 5.25. The van der Waals surface area contributed by atoms with Crippen molar-refractivity contribution in [1.82, 2.24) is 9.80 Å². The van der Waals surface area contributed by atoms with E-state index < -0.39 is 0 Å². The van der Waals surface area contributed by atoms with Crippen LogP contribution in [0.1, 0.15) is 47.7 Å². The normalized spacial score (nSPS) is 16.5. The second-order valence-corrected chi connectivity index (χ2v) is 7.16. The number of carbonyl (C=O) groups excluding carboxylic acids is 3. The maximum absolute atomic E-state index is 12.5. The monoisotopic (exact) mass is 399 g/mol. The quantitative estimate of drug-likeness (QED) is 0.644. The first-order valence-electron chi connectivity index (χ1n) is 9.89. The second-order valence-electron chi connectivity index (χ2n) is 7.16. The number of piperidine rings is 1. The number of rotatable bonds is 7. The third-order valence-electron chi connectivity index (χ3n) is 5.25. The first kappa shape index (κ1) is 20.8. The van der Waals surface area contributed by atoms with Gasteiger partial charge < -0.3 is 19.3 Å². The van der Waals surface area contributed by atoms with E-state index in [2.05, 4.69) is 6.07 Å². The number of nitriles is 1. The van der Waals surface area contributed by atoms with Gasteiger partial charge in [-0.25, -0.2) is 4.79 Å². The van der Waals surface area contributed by atoms with Crippen molar-refractivity contribution in [3.63, 3.8) is 0 Å². The number of benzene rings is 1. The Labute approximate surface area is 170 Å². The number of esters is 1. The average molecular weight is 399 g/mol. The lowest BCUT2D eigenvalue weighted by molar-refractivity contribution is -0.152. The van der Waals surface area contributed by atoms with Crippen molar-refractivity contribution in [2.24, 2.45) is 0 Å². The van der Waals surface area contributed by atoms with Gasteiger partial charge in [0.2, 0.25) is 5.91 Å². The number of nitrogens with zero attached hydrogens (tertiary/aromatic N) is 3. The Hall–Kier alpha value is -2.92. The van der Waals surface area contributed by atoms with Crippen LogP contribution in [0.15, 0.2) is 18.2 Å². The van der Waals surface area contributed by atoms with Gasteiger partial charge >= 0.3 is 5.97 Å². The minimum Gasteiger partial charge on any atom is -0.464 e. The molecule has 0 bridgehead atoms. The minimum absolute atomic E-state index is 0.00955. The van der Waals surface area contributed by atoms with Crippen molar-refractivity contribution in [3.8, 4) is 6.07 Å². The first-order valence-corrected chi connectivity index (χ1v) is 9.89. The average Bonchev–Trinajstić information content (AvgIpc) is 3.06. The molecule has 154 valence electrons. The van der Waals surface area contributed by atoms with Gasteiger partial charge in [-0.05, 0) is 43.5 Å². The fourth-order valence-electron chi connectivity index (χ4n) is 3.68. The Kier molecular flexibility index (Phi) is 6.83. The lowest BCUT2D eigenvalue weighted by atomic mass is 10.1. The highest BCUT2D eigenvalue weighted by atomic mass is 16.6. The molecule has 2 heterocycles. The van der Waals surface area contributed by atoms with Crippen LogP contribution >= 0.6 is 0 Å². The van der Waals surface area contributed by atoms with Crippen LogP contribution in [0.25, 0.3) is 0 Å². The van der Waals surface area contributed by atoms with Gasteiger partial charge in [0, 0.05) is 38.2 Å². The highest BCUT2D eigenvalue weighted by Gasteiger charge is 2.29. The van der Waals surface area contributed by atoms with Crippen molar-refractivity contribution in [3.05, 3.63) is 34.9 Å². The lowest BCUT2D eigenvalue weighted by Gasteiger charge is -2.32. The van der Waals surface area contributed by atoms with E-state index in [1.165, 1.54) is 0 Å². The van der Waals surface area contributed by atoms with Crippen molar-refractivity contribution >= 4 is 17.8 Å². The fourth-order valence-corrected chi connectivity index (χ4v) is 3.68. The van der Waals surface area contributed by atoms with Gasteiger partial charge in [0.15, 0.2) is 0 Å². The molecule has 0 radical (unpaired) electrons. The summed E-state index contributed by atoms with van der Waals surface area (Å²) in [7, 11) is 0. The predicted octanol–water partition coefficient (Wildman–Crippen LogP) is 1.47. The van der Waals surface area contributed by atoms with E-state index in [0.717, 1.165) is 5.56 Å². The summed E-state index contributed by atoms with van der Waals surface area (Å²) in [4.78, 5) is 39.8. The fraction of sp³-hybridized carbons (Fsp3) is 0.524. The first-order chi connectivity index (χ1) is 14.0. The molecule has 8 nitrogen and oxygen atoms in total. The molecule has 0 atom stereocenters. The van der Waals surface area contributed by atoms with Crippen molar-refractivity contribution in [2.75, 3.05) is 32.8 Å². The largest absolute Gasteiger partial charge is 0.464 e. The summed E-state index contributed by atoms with van der Waals surface area (Å²) in [6, 6.07) is 7.13. The van der Waals surface area contributed by atoms with Gasteiger partial charge in [-0.15, -0.1) is 0 Å². The van der Waals surface area contributed by atoms with Gasteiger partial charge in [0.1, 0.15) is 6.61 Å². The number of ether oxygens (including phenoxy) is 2. The molecule has 1 aromatic carbocycles. The molecule has 0 N–H and O–H groups in total. The molecular formula is C21H25N3O5. The topological polar surface area (TPSA) is 99.9 Å². The Morgan fingerprint density at radius 3 is 2.72 bits per heavy atom. The Morgan fingerprint density at radius 1 is 1.28 bits per heavy atom. The number of carbonyl (C=O) groups is 3. The smallest absolute Gasteiger partial charge is 0.332 e. The summed E-state index contributed by atoms with van der Waals surface area (Å²) in [5, 5.41) is 8.99. The van der Waals surface area contributed by atoms with Crippen LogP contribution in [-0.4, -0.2) is 66.5 Å². The zero-order valence-electron chi connectivity index (χ0n) is 16.6. The maximum Gasteiger partial charge on any atom is 0.332 e. The van der Waals surface area contributed by atoms with Crippen LogP contribution in [-0.2, 0) is 25.6 Å². The van der Waals surface area contributed by atoms with E-state index in [9.17, 15) is 14.4 Å². The molecule has 2 aliphatic heterocycles. The predicted molar refractivity (Wildman–Crippen MR) is 103 cm³/mol. The third kappa shape index (κ3) is 5.12. The SMILES string of the molecule is CCOC(=O)COC1CCN(C(=O)CCN2Cc3cc(C#N)ccc3C2=O)CC1. The van der Waals surface area contributed by atoms with E-state index >= 15 is 0 Å². The molecule has 2 aliphatic rings. The van der Waals surface area contributed by atoms with Crippen LogP contribution in [0.2, 0.25) is 0 Å². The van der Waals surface area contributed by atoms with Gasteiger partial charge in [-0.2, -0.15) is 5.26 Å². The van der Waals surface area contributed by atoms with Gasteiger partial charge in [0.25, 0.3) is 5.91 Å². The van der Waals surface area contributed by atoms with Crippen LogP contribution in [0.4, 0.5) is 0 Å². The molecule has 1 aromatic rings. The summed E-state index contributed by atoms with van der Waals surface area (Å²) in [6.07, 6.45) is 1.57. The van der Waals surface area contributed by atoms with Crippen molar-refractivity contribution < 1.29 is 23.9 Å². The maximum atomic E-state index is 12.5. The Balaban J connectivity index is 1.41. The molecule has 1 saturated heterocycles. The molecule has 0 saturated carbocycles.